The molecule has 0 radical (unpaired) electrons. The number of aliphatic carboxylic acids is 1. The fourth-order valence-corrected chi connectivity index (χ4v) is 3.55. The van der Waals surface area contributed by atoms with Crippen molar-refractivity contribution in [1.82, 2.24) is 5.06 Å². The van der Waals surface area contributed by atoms with Gasteiger partial charge in [0, 0.05) is 16.3 Å². The number of halogens is 1. The van der Waals surface area contributed by atoms with Gasteiger partial charge in [-0.2, -0.15) is 0 Å². The van der Waals surface area contributed by atoms with Crippen molar-refractivity contribution in [3.8, 4) is 0 Å². The molecule has 1 unspecified atom stereocenters. The van der Waals surface area contributed by atoms with Gasteiger partial charge in [-0.25, -0.2) is 5.06 Å². The van der Waals surface area contributed by atoms with Crippen molar-refractivity contribution in [2.75, 3.05) is 11.9 Å². The van der Waals surface area contributed by atoms with Gasteiger partial charge in [-0.05, 0) is 50.8 Å². The highest BCUT2D eigenvalue weighted by molar-refractivity contribution is 6.31. The molecule has 2 amide bonds. The smallest absolute Gasteiger partial charge is 0.311 e. The average Bonchev–Trinajstić information content (AvgIpc) is 2.90. The van der Waals surface area contributed by atoms with Gasteiger partial charge in [-0.1, -0.05) is 23.7 Å². The zero-order valence-electron chi connectivity index (χ0n) is 15.8. The molecule has 2 aliphatic rings. The molecule has 7 nitrogen and oxygen atoms in total. The van der Waals surface area contributed by atoms with E-state index >= 15 is 0 Å². The van der Waals surface area contributed by atoms with E-state index in [1.54, 1.807) is 24.3 Å². The third kappa shape index (κ3) is 4.20. The number of amides is 2. The minimum atomic E-state index is -0.993. The molecule has 1 aromatic carbocycles. The molecule has 1 atom stereocenters. The molecule has 28 heavy (non-hydrogen) atoms. The lowest BCUT2D eigenvalue weighted by Crippen LogP contribution is -2.30. The van der Waals surface area contributed by atoms with Crippen LogP contribution in [0.1, 0.15) is 38.7 Å². The van der Waals surface area contributed by atoms with E-state index in [1.807, 2.05) is 13.8 Å². The Morgan fingerprint density at radius 1 is 1.39 bits per heavy atom. The number of carbonyl (C=O) groups excluding carboxylic acids is 2. The molecular formula is C20H23ClN2O5. The van der Waals surface area contributed by atoms with Gasteiger partial charge in [-0.3, -0.25) is 19.2 Å². The molecule has 1 aromatic rings. The highest BCUT2D eigenvalue weighted by atomic mass is 35.5. The Hall–Kier alpha value is -2.38. The molecule has 1 aliphatic carbocycles. The number of anilines is 1. The summed E-state index contributed by atoms with van der Waals surface area (Å²) in [5, 5.41) is 13.7. The number of carboxylic acids is 1. The van der Waals surface area contributed by atoms with Crippen LogP contribution in [0.15, 0.2) is 29.8 Å². The van der Waals surface area contributed by atoms with Crippen molar-refractivity contribution in [2.24, 2.45) is 11.3 Å². The number of allylic oxidation sites excluding steroid dienone is 1. The van der Waals surface area contributed by atoms with E-state index in [-0.39, 0.29) is 18.0 Å². The van der Waals surface area contributed by atoms with E-state index in [1.165, 1.54) is 5.06 Å². The van der Waals surface area contributed by atoms with Gasteiger partial charge in [0.25, 0.3) is 11.8 Å². The number of hydroxylamine groups is 2. The molecule has 0 saturated carbocycles. The molecular weight excluding hydrogens is 384 g/mol. The van der Waals surface area contributed by atoms with Crippen LogP contribution >= 0.6 is 11.6 Å². The molecule has 0 bridgehead atoms. The Kier molecular flexibility index (Phi) is 5.76. The van der Waals surface area contributed by atoms with Gasteiger partial charge in [-0.15, -0.1) is 0 Å². The summed E-state index contributed by atoms with van der Waals surface area (Å²) >= 11 is 6.32. The molecule has 0 spiro atoms. The maximum absolute atomic E-state index is 12.5. The Labute approximate surface area is 168 Å². The van der Waals surface area contributed by atoms with E-state index in [9.17, 15) is 19.5 Å². The summed E-state index contributed by atoms with van der Waals surface area (Å²) < 4.78 is 0. The van der Waals surface area contributed by atoms with Crippen molar-refractivity contribution < 1.29 is 24.3 Å². The normalized spacial score (nSPS) is 21.4. The monoisotopic (exact) mass is 406 g/mol. The molecule has 1 fully saturated rings. The first kappa shape index (κ1) is 20.4. The van der Waals surface area contributed by atoms with E-state index in [0.717, 1.165) is 6.42 Å². The largest absolute Gasteiger partial charge is 0.481 e. The lowest BCUT2D eigenvalue weighted by atomic mass is 9.87. The number of nitrogens with one attached hydrogen (secondary N) is 1. The van der Waals surface area contributed by atoms with Gasteiger partial charge in [0.2, 0.25) is 0 Å². The van der Waals surface area contributed by atoms with Crippen LogP contribution in [0.4, 0.5) is 5.69 Å². The Morgan fingerprint density at radius 3 is 2.75 bits per heavy atom. The second kappa shape index (κ2) is 7.93. The molecule has 3 rings (SSSR count). The van der Waals surface area contributed by atoms with E-state index in [4.69, 9.17) is 16.4 Å². The molecule has 1 aliphatic heterocycles. The zero-order chi connectivity index (χ0) is 20.5. The maximum atomic E-state index is 12.5. The van der Waals surface area contributed by atoms with Crippen molar-refractivity contribution in [2.45, 2.75) is 39.7 Å². The maximum Gasteiger partial charge on any atom is 0.311 e. The highest BCUT2D eigenvalue weighted by Gasteiger charge is 2.40. The van der Waals surface area contributed by atoms with Gasteiger partial charge >= 0.3 is 5.97 Å². The number of hydrogen-bond acceptors (Lipinski definition) is 4. The first-order valence-corrected chi connectivity index (χ1v) is 9.54. The average molecular weight is 407 g/mol. The van der Waals surface area contributed by atoms with Gasteiger partial charge in [0.15, 0.2) is 0 Å². The van der Waals surface area contributed by atoms with Crippen molar-refractivity contribution in [1.29, 1.82) is 0 Å². The quantitative estimate of drug-likeness (QED) is 0.781. The summed E-state index contributed by atoms with van der Waals surface area (Å²) in [6.07, 6.45) is 3.58. The lowest BCUT2D eigenvalue weighted by molar-refractivity contribution is -0.165. The predicted octanol–water partition coefficient (Wildman–Crippen LogP) is 3.39. The van der Waals surface area contributed by atoms with Gasteiger partial charge in [0.1, 0.15) is 0 Å². The van der Waals surface area contributed by atoms with E-state index < -0.39 is 23.2 Å². The fraction of sp³-hybridized carbons (Fsp3) is 0.450. The Morgan fingerprint density at radius 2 is 2.14 bits per heavy atom. The van der Waals surface area contributed by atoms with Gasteiger partial charge < -0.3 is 10.4 Å². The topological polar surface area (TPSA) is 95.9 Å². The van der Waals surface area contributed by atoms with Gasteiger partial charge in [0.05, 0.1) is 24.5 Å². The molecule has 0 aromatic heterocycles. The molecule has 1 heterocycles. The van der Waals surface area contributed by atoms with Crippen molar-refractivity contribution >= 4 is 35.1 Å². The number of benzene rings is 1. The lowest BCUT2D eigenvalue weighted by Gasteiger charge is -2.20. The van der Waals surface area contributed by atoms with Crippen LogP contribution < -0.4 is 5.32 Å². The Balaban J connectivity index is 1.69. The van der Waals surface area contributed by atoms with Crippen LogP contribution in [0.2, 0.25) is 5.02 Å². The number of carbonyl (C=O) groups is 3. The second-order valence-corrected chi connectivity index (χ2v) is 8.15. The molecule has 2 N–H and O–H groups in total. The first-order valence-electron chi connectivity index (χ1n) is 9.16. The van der Waals surface area contributed by atoms with Crippen LogP contribution in [-0.4, -0.2) is 34.6 Å². The van der Waals surface area contributed by atoms with Crippen LogP contribution in [0.5, 0.6) is 0 Å². The molecule has 150 valence electrons. The zero-order valence-corrected chi connectivity index (χ0v) is 16.6. The van der Waals surface area contributed by atoms with Crippen molar-refractivity contribution in [3.05, 3.63) is 40.4 Å². The third-order valence-corrected chi connectivity index (χ3v) is 5.36. The Bertz CT molecular complexity index is 849. The predicted molar refractivity (Wildman–Crippen MR) is 103 cm³/mol. The SMILES string of the molecule is CC1(C)CON(Cc2ccc(NC(=O)C3=CCCCC3C(=O)O)cc2Cl)C1=O. The summed E-state index contributed by atoms with van der Waals surface area (Å²) in [6, 6.07) is 4.97. The first-order chi connectivity index (χ1) is 13.2. The minimum absolute atomic E-state index is 0.107. The van der Waals surface area contributed by atoms with Crippen LogP contribution in [0, 0.1) is 11.3 Å². The summed E-state index contributed by atoms with van der Waals surface area (Å²) in [6.45, 7) is 4.17. The van der Waals surface area contributed by atoms with E-state index in [2.05, 4.69) is 5.32 Å². The summed E-state index contributed by atoms with van der Waals surface area (Å²) in [5.41, 5.74) is 0.862. The number of hydrogen-bond donors (Lipinski definition) is 2. The fourth-order valence-electron chi connectivity index (χ4n) is 3.31. The van der Waals surface area contributed by atoms with E-state index in [0.29, 0.717) is 35.7 Å². The summed E-state index contributed by atoms with van der Waals surface area (Å²) in [5.74, 6) is -2.32. The standard InChI is InChI=1S/C20H23ClN2O5/c1-20(2)11-28-23(19(20)27)10-12-7-8-13(9-16(12)21)22-17(24)14-5-3-4-6-15(14)18(25)26/h5,7-9,15H,3-4,6,10-11H2,1-2H3,(H,22,24)(H,25,26). The van der Waals surface area contributed by atoms with Crippen LogP contribution in [0.25, 0.3) is 0 Å². The summed E-state index contributed by atoms with van der Waals surface area (Å²) in [4.78, 5) is 41.6. The van der Waals surface area contributed by atoms with Crippen molar-refractivity contribution in [3.63, 3.8) is 0 Å². The number of carboxylic acid groups (broad SMARTS) is 1. The second-order valence-electron chi connectivity index (χ2n) is 7.74. The molecule has 8 heteroatoms. The number of nitrogens with zero attached hydrogens (tertiary/aromatic N) is 1. The van der Waals surface area contributed by atoms with Crippen LogP contribution in [0.3, 0.4) is 0 Å². The highest BCUT2D eigenvalue weighted by Crippen LogP contribution is 2.31. The number of rotatable bonds is 5. The summed E-state index contributed by atoms with van der Waals surface area (Å²) in [7, 11) is 0. The third-order valence-electron chi connectivity index (χ3n) is 5.01. The minimum Gasteiger partial charge on any atom is -0.481 e. The van der Waals surface area contributed by atoms with Crippen LogP contribution in [-0.2, 0) is 25.8 Å². The molecule has 1 saturated heterocycles.